The maximum Gasteiger partial charge on any atom is 0.416 e. The summed E-state index contributed by atoms with van der Waals surface area (Å²) in [6.45, 7) is 6.84. The summed E-state index contributed by atoms with van der Waals surface area (Å²) in [6, 6.07) is 6.00. The largest absolute Gasteiger partial charge is 0.416 e. The third kappa shape index (κ3) is 4.51. The summed E-state index contributed by atoms with van der Waals surface area (Å²) in [5.74, 6) is -0.153. The molecule has 4 heteroatoms. The summed E-state index contributed by atoms with van der Waals surface area (Å²) < 4.78 is 39.3. The lowest BCUT2D eigenvalue weighted by molar-refractivity contribution is -0.138. The predicted octanol–water partition coefficient (Wildman–Crippen LogP) is 4.98. The smallest absolute Gasteiger partial charge is 0.313 e. The van der Waals surface area contributed by atoms with E-state index in [2.05, 4.69) is 19.2 Å². The molecule has 0 saturated heterocycles. The molecular formula is C16H24F3N. The molecule has 0 aliphatic rings. The van der Waals surface area contributed by atoms with E-state index < -0.39 is 11.7 Å². The molecule has 114 valence electrons. The maximum absolute atomic E-state index is 13.1. The van der Waals surface area contributed by atoms with Gasteiger partial charge >= 0.3 is 6.18 Å². The van der Waals surface area contributed by atoms with E-state index in [-0.39, 0.29) is 12.0 Å². The second kappa shape index (κ2) is 7.67. The summed E-state index contributed by atoms with van der Waals surface area (Å²) in [7, 11) is 0. The fraction of sp³-hybridized carbons (Fsp3) is 0.625. The van der Waals surface area contributed by atoms with Gasteiger partial charge in [-0.15, -0.1) is 0 Å². The van der Waals surface area contributed by atoms with Crippen LogP contribution < -0.4 is 5.32 Å². The van der Waals surface area contributed by atoms with Gasteiger partial charge in [0.1, 0.15) is 0 Å². The second-order valence-electron chi connectivity index (χ2n) is 5.22. The lowest BCUT2D eigenvalue weighted by atomic mass is 9.87. The van der Waals surface area contributed by atoms with Crippen molar-refractivity contribution in [3.8, 4) is 0 Å². The lowest BCUT2D eigenvalue weighted by Gasteiger charge is -2.27. The van der Waals surface area contributed by atoms with Gasteiger partial charge in [0.15, 0.2) is 0 Å². The van der Waals surface area contributed by atoms with Gasteiger partial charge in [-0.1, -0.05) is 45.4 Å². The zero-order chi connectivity index (χ0) is 15.2. The first-order valence-electron chi connectivity index (χ1n) is 7.31. The molecule has 1 nitrogen and oxygen atoms in total. The zero-order valence-electron chi connectivity index (χ0n) is 12.4. The van der Waals surface area contributed by atoms with Crippen LogP contribution in [0.3, 0.4) is 0 Å². The molecule has 1 rings (SSSR count). The highest BCUT2D eigenvalue weighted by Gasteiger charge is 2.35. The Morgan fingerprint density at radius 1 is 1.10 bits per heavy atom. The molecule has 0 amide bonds. The third-order valence-corrected chi connectivity index (χ3v) is 3.62. The molecule has 0 aliphatic heterocycles. The minimum Gasteiger partial charge on any atom is -0.313 e. The maximum atomic E-state index is 13.1. The van der Waals surface area contributed by atoms with Gasteiger partial charge in [-0.25, -0.2) is 0 Å². The van der Waals surface area contributed by atoms with Gasteiger partial charge in [-0.2, -0.15) is 13.2 Å². The third-order valence-electron chi connectivity index (χ3n) is 3.62. The number of nitrogens with one attached hydrogen (secondary N) is 1. The van der Waals surface area contributed by atoms with E-state index in [0.29, 0.717) is 5.56 Å². The molecule has 1 aromatic rings. The van der Waals surface area contributed by atoms with Crippen LogP contribution in [0, 0.1) is 0 Å². The van der Waals surface area contributed by atoms with Gasteiger partial charge in [0.2, 0.25) is 0 Å². The molecule has 2 atom stereocenters. The number of alkyl halides is 3. The first-order valence-corrected chi connectivity index (χ1v) is 7.31. The number of hydrogen-bond acceptors (Lipinski definition) is 1. The lowest BCUT2D eigenvalue weighted by Crippen LogP contribution is -2.35. The normalized spacial score (nSPS) is 15.1. The van der Waals surface area contributed by atoms with Crippen LogP contribution in [0.25, 0.3) is 0 Å². The van der Waals surface area contributed by atoms with Crippen LogP contribution in [0.2, 0.25) is 0 Å². The monoisotopic (exact) mass is 287 g/mol. The van der Waals surface area contributed by atoms with Crippen molar-refractivity contribution in [1.29, 1.82) is 0 Å². The van der Waals surface area contributed by atoms with Crippen LogP contribution in [-0.2, 0) is 6.18 Å². The highest BCUT2D eigenvalue weighted by Crippen LogP contribution is 2.36. The zero-order valence-corrected chi connectivity index (χ0v) is 12.4. The van der Waals surface area contributed by atoms with Gasteiger partial charge in [0.25, 0.3) is 0 Å². The molecule has 0 heterocycles. The Labute approximate surface area is 119 Å². The molecule has 0 aliphatic carbocycles. The Balaban J connectivity index is 3.02. The Bertz CT molecular complexity index is 401. The molecule has 2 unspecified atom stereocenters. The van der Waals surface area contributed by atoms with Crippen molar-refractivity contribution < 1.29 is 13.2 Å². The Morgan fingerprint density at radius 2 is 1.75 bits per heavy atom. The van der Waals surface area contributed by atoms with E-state index in [4.69, 9.17) is 0 Å². The Hall–Kier alpha value is -1.03. The van der Waals surface area contributed by atoms with Crippen LogP contribution >= 0.6 is 0 Å². The minimum absolute atomic E-state index is 0.0865. The SMILES string of the molecule is CCCNC(CCC)C(C)c1ccccc1C(F)(F)F. The van der Waals surface area contributed by atoms with Crippen LogP contribution in [-0.4, -0.2) is 12.6 Å². The highest BCUT2D eigenvalue weighted by atomic mass is 19.4. The Morgan fingerprint density at radius 3 is 2.30 bits per heavy atom. The molecule has 0 fully saturated rings. The van der Waals surface area contributed by atoms with E-state index in [1.165, 1.54) is 12.1 Å². The fourth-order valence-corrected chi connectivity index (χ4v) is 2.54. The summed E-state index contributed by atoms with van der Waals surface area (Å²) >= 11 is 0. The number of benzene rings is 1. The van der Waals surface area contributed by atoms with Crippen molar-refractivity contribution in [1.82, 2.24) is 5.32 Å². The predicted molar refractivity (Wildman–Crippen MR) is 76.8 cm³/mol. The van der Waals surface area contributed by atoms with Gasteiger partial charge in [-0.05, 0) is 36.9 Å². The molecule has 0 bridgehead atoms. The molecule has 1 aromatic carbocycles. The van der Waals surface area contributed by atoms with Crippen LogP contribution in [0.15, 0.2) is 24.3 Å². The summed E-state index contributed by atoms with van der Waals surface area (Å²) in [5.41, 5.74) is -0.117. The molecule has 0 saturated carbocycles. The fourth-order valence-electron chi connectivity index (χ4n) is 2.54. The number of hydrogen-bond donors (Lipinski definition) is 1. The topological polar surface area (TPSA) is 12.0 Å². The number of rotatable bonds is 7. The summed E-state index contributed by atoms with van der Waals surface area (Å²) in [6.07, 6.45) is -1.46. The van der Waals surface area contributed by atoms with Gasteiger partial charge in [0, 0.05) is 6.04 Å². The number of halogens is 3. The molecule has 0 radical (unpaired) electrons. The van der Waals surface area contributed by atoms with Gasteiger partial charge in [0.05, 0.1) is 5.56 Å². The first kappa shape index (κ1) is 17.0. The van der Waals surface area contributed by atoms with Crippen molar-refractivity contribution in [2.24, 2.45) is 0 Å². The van der Waals surface area contributed by atoms with Crippen molar-refractivity contribution in [2.45, 2.75) is 58.2 Å². The van der Waals surface area contributed by atoms with Crippen molar-refractivity contribution >= 4 is 0 Å². The molecule has 20 heavy (non-hydrogen) atoms. The molecule has 0 aromatic heterocycles. The average Bonchev–Trinajstić information content (AvgIpc) is 2.42. The van der Waals surface area contributed by atoms with Gasteiger partial charge < -0.3 is 5.32 Å². The van der Waals surface area contributed by atoms with Crippen molar-refractivity contribution in [2.75, 3.05) is 6.54 Å². The van der Waals surface area contributed by atoms with Gasteiger partial charge in [-0.3, -0.25) is 0 Å². The second-order valence-corrected chi connectivity index (χ2v) is 5.22. The highest BCUT2D eigenvalue weighted by molar-refractivity contribution is 5.33. The molecule has 1 N–H and O–H groups in total. The van der Waals surface area contributed by atoms with E-state index >= 15 is 0 Å². The van der Waals surface area contributed by atoms with E-state index in [9.17, 15) is 13.2 Å². The quantitative estimate of drug-likeness (QED) is 0.746. The summed E-state index contributed by atoms with van der Waals surface area (Å²) in [5, 5.41) is 3.38. The molecule has 0 spiro atoms. The minimum atomic E-state index is -4.29. The Kier molecular flexibility index (Phi) is 6.53. The summed E-state index contributed by atoms with van der Waals surface area (Å²) in [4.78, 5) is 0. The van der Waals surface area contributed by atoms with Crippen LogP contribution in [0.1, 0.15) is 57.1 Å². The van der Waals surface area contributed by atoms with E-state index in [0.717, 1.165) is 25.8 Å². The average molecular weight is 287 g/mol. The molecular weight excluding hydrogens is 263 g/mol. The first-order chi connectivity index (χ1) is 9.41. The van der Waals surface area contributed by atoms with E-state index in [1.807, 2.05) is 6.92 Å². The van der Waals surface area contributed by atoms with Crippen molar-refractivity contribution in [3.05, 3.63) is 35.4 Å². The van der Waals surface area contributed by atoms with Crippen molar-refractivity contribution in [3.63, 3.8) is 0 Å². The van der Waals surface area contributed by atoms with Crippen LogP contribution in [0.5, 0.6) is 0 Å². The van der Waals surface area contributed by atoms with E-state index in [1.54, 1.807) is 12.1 Å². The standard InChI is InChI=1S/C16H24F3N/c1-4-8-15(20-11-5-2)12(3)13-9-6-7-10-14(13)16(17,18)19/h6-7,9-10,12,15,20H,4-5,8,11H2,1-3H3. The van der Waals surface area contributed by atoms with Crippen LogP contribution in [0.4, 0.5) is 13.2 Å².